The van der Waals surface area contributed by atoms with Gasteiger partial charge < -0.3 is 15.5 Å². The van der Waals surface area contributed by atoms with Crippen molar-refractivity contribution in [1.29, 1.82) is 0 Å². The Morgan fingerprint density at radius 3 is 2.31 bits per heavy atom. The number of carboxylic acid groups (broad SMARTS) is 1. The molecule has 11 atom stereocenters. The summed E-state index contributed by atoms with van der Waals surface area (Å²) in [4.78, 5) is 13.1. The van der Waals surface area contributed by atoms with Gasteiger partial charge >= 0.3 is 5.97 Å². The summed E-state index contributed by atoms with van der Waals surface area (Å²) in [6.07, 6.45) is 14.5. The molecule has 224 valence electrons. The molecule has 0 spiro atoms. The van der Waals surface area contributed by atoms with E-state index in [4.69, 9.17) is 0 Å². The Kier molecular flexibility index (Phi) is 7.88. The number of aliphatic hydroxyl groups is 1. The van der Waals surface area contributed by atoms with E-state index in [2.05, 4.69) is 53.8 Å². The highest BCUT2D eigenvalue weighted by Crippen LogP contribution is 2.77. The lowest BCUT2D eigenvalue weighted by atomic mass is 9.32. The number of aliphatic hydroxyl groups excluding tert-OH is 1. The maximum Gasteiger partial charge on any atom is 0.309 e. The van der Waals surface area contributed by atoms with Gasteiger partial charge in [0.05, 0.1) is 11.5 Å². The molecule has 0 aromatic rings. The number of rotatable bonds is 8. The van der Waals surface area contributed by atoms with E-state index < -0.39 is 11.4 Å². The van der Waals surface area contributed by atoms with Crippen LogP contribution in [0.5, 0.6) is 0 Å². The Hall–Kier alpha value is -0.610. The molecule has 5 aliphatic carbocycles. The highest BCUT2D eigenvalue weighted by molar-refractivity contribution is 5.76. The van der Waals surface area contributed by atoms with Gasteiger partial charge in [0.15, 0.2) is 0 Å². The predicted octanol–water partition coefficient (Wildman–Crippen LogP) is 7.93. The summed E-state index contributed by atoms with van der Waals surface area (Å²) in [5.41, 5.74) is 0.194. The lowest BCUT2D eigenvalue weighted by molar-refractivity contribution is -0.249. The zero-order valence-corrected chi connectivity index (χ0v) is 26.5. The van der Waals surface area contributed by atoms with E-state index >= 15 is 0 Å². The summed E-state index contributed by atoms with van der Waals surface area (Å²) in [5, 5.41) is 25.5. The molecule has 0 amide bonds. The number of nitrogens with one attached hydrogen (secondary N) is 1. The standard InChI is InChI=1S/C35H61NO3/c1-8-9-10-21-36-22-23(2)24-13-18-35(30(38)39)20-19-33(6)25(29(24)35)11-12-27-32(5)16-15-28(37)31(3,4)26(32)14-17-34(27,33)7/h23-29,36-37H,8-22H2,1-7H3,(H,38,39)/t23?,24-,25?,26?,27?,28+,29?,32-,33+,34+,35-/m0/s1. The van der Waals surface area contributed by atoms with Gasteiger partial charge in [0.2, 0.25) is 0 Å². The van der Waals surface area contributed by atoms with Gasteiger partial charge in [0.1, 0.15) is 0 Å². The fraction of sp³-hybridized carbons (Fsp3) is 0.971. The first-order valence-electron chi connectivity index (χ1n) is 16.9. The minimum Gasteiger partial charge on any atom is -0.481 e. The molecular formula is C35H61NO3. The first-order chi connectivity index (χ1) is 18.3. The van der Waals surface area contributed by atoms with Crippen molar-refractivity contribution in [3.63, 3.8) is 0 Å². The molecule has 0 saturated heterocycles. The van der Waals surface area contributed by atoms with Crippen LogP contribution in [-0.2, 0) is 4.79 Å². The molecule has 39 heavy (non-hydrogen) atoms. The van der Waals surface area contributed by atoms with Crippen LogP contribution in [0, 0.1) is 62.6 Å². The van der Waals surface area contributed by atoms with Crippen LogP contribution >= 0.6 is 0 Å². The molecule has 5 unspecified atom stereocenters. The third-order valence-corrected chi connectivity index (χ3v) is 15.0. The van der Waals surface area contributed by atoms with Crippen molar-refractivity contribution in [2.75, 3.05) is 13.1 Å². The third kappa shape index (κ3) is 4.22. The van der Waals surface area contributed by atoms with Crippen molar-refractivity contribution in [2.45, 2.75) is 138 Å². The van der Waals surface area contributed by atoms with Gasteiger partial charge in [-0.1, -0.05) is 61.3 Å². The van der Waals surface area contributed by atoms with Gasteiger partial charge in [-0.15, -0.1) is 0 Å². The van der Waals surface area contributed by atoms with Gasteiger partial charge in [-0.05, 0) is 141 Å². The summed E-state index contributed by atoms with van der Waals surface area (Å²) >= 11 is 0. The number of unbranched alkanes of at least 4 members (excludes halogenated alkanes) is 2. The van der Waals surface area contributed by atoms with E-state index in [0.29, 0.717) is 35.5 Å². The Morgan fingerprint density at radius 2 is 1.62 bits per heavy atom. The molecule has 3 N–H and O–H groups in total. The topological polar surface area (TPSA) is 69.6 Å². The van der Waals surface area contributed by atoms with Crippen molar-refractivity contribution in [2.24, 2.45) is 62.6 Å². The van der Waals surface area contributed by atoms with Crippen molar-refractivity contribution < 1.29 is 15.0 Å². The van der Waals surface area contributed by atoms with Crippen molar-refractivity contribution >= 4 is 5.97 Å². The Balaban J connectivity index is 1.44. The predicted molar refractivity (Wildman–Crippen MR) is 159 cm³/mol. The molecule has 5 aliphatic rings. The summed E-state index contributed by atoms with van der Waals surface area (Å²) in [7, 11) is 0. The zero-order chi connectivity index (χ0) is 28.4. The van der Waals surface area contributed by atoms with Gasteiger partial charge in [-0.3, -0.25) is 4.79 Å². The number of hydrogen-bond acceptors (Lipinski definition) is 3. The van der Waals surface area contributed by atoms with Gasteiger partial charge in [-0.2, -0.15) is 0 Å². The Bertz CT molecular complexity index is 918. The van der Waals surface area contributed by atoms with E-state index in [9.17, 15) is 15.0 Å². The van der Waals surface area contributed by atoms with Crippen molar-refractivity contribution in [3.05, 3.63) is 0 Å². The minimum absolute atomic E-state index is 0.0206. The Morgan fingerprint density at radius 1 is 0.872 bits per heavy atom. The van der Waals surface area contributed by atoms with Crippen LogP contribution in [0.25, 0.3) is 0 Å². The van der Waals surface area contributed by atoms with Crippen LogP contribution in [0.15, 0.2) is 0 Å². The largest absolute Gasteiger partial charge is 0.481 e. The van der Waals surface area contributed by atoms with Crippen molar-refractivity contribution in [1.82, 2.24) is 5.32 Å². The smallest absolute Gasteiger partial charge is 0.309 e. The van der Waals surface area contributed by atoms with E-state index in [1.54, 1.807) is 0 Å². The fourth-order valence-electron chi connectivity index (χ4n) is 12.6. The summed E-state index contributed by atoms with van der Waals surface area (Å²) in [6, 6.07) is 0. The molecule has 5 fully saturated rings. The highest BCUT2D eigenvalue weighted by atomic mass is 16.4. The van der Waals surface area contributed by atoms with Crippen molar-refractivity contribution in [3.8, 4) is 0 Å². The lowest BCUT2D eigenvalue weighted by Crippen LogP contribution is -2.67. The number of carboxylic acids is 1. The molecule has 0 bridgehead atoms. The van der Waals surface area contributed by atoms with Crippen LogP contribution < -0.4 is 5.32 Å². The third-order valence-electron chi connectivity index (χ3n) is 15.0. The fourth-order valence-corrected chi connectivity index (χ4v) is 12.6. The van der Waals surface area contributed by atoms with Crippen LogP contribution in [0.3, 0.4) is 0 Å². The number of aliphatic carboxylic acids is 1. The average Bonchev–Trinajstić information content (AvgIpc) is 3.28. The molecule has 4 nitrogen and oxygen atoms in total. The SMILES string of the molecule is CCCCCNCC(C)[C@@H]1CC[C@]2(C(=O)O)CC[C@]3(C)C(CCC4[C@@]5(C)CC[C@@H](O)C(C)(C)C5CC[C@]43C)C12. The normalized spacial score (nSPS) is 49.3. The molecule has 0 aromatic heterocycles. The maximum atomic E-state index is 13.1. The maximum absolute atomic E-state index is 13.1. The van der Waals surface area contributed by atoms with Crippen LogP contribution in [0.2, 0.25) is 0 Å². The first kappa shape index (κ1) is 29.9. The number of hydrogen-bond donors (Lipinski definition) is 3. The van der Waals surface area contributed by atoms with Crippen LogP contribution in [0.1, 0.15) is 132 Å². The molecule has 5 saturated carbocycles. The monoisotopic (exact) mass is 543 g/mol. The molecule has 0 aromatic carbocycles. The van der Waals surface area contributed by atoms with E-state index in [-0.39, 0.29) is 27.8 Å². The zero-order valence-electron chi connectivity index (χ0n) is 26.5. The van der Waals surface area contributed by atoms with Crippen LogP contribution in [-0.4, -0.2) is 35.4 Å². The molecule has 0 heterocycles. The second-order valence-electron chi connectivity index (χ2n) is 16.6. The minimum atomic E-state index is -0.507. The first-order valence-corrected chi connectivity index (χ1v) is 16.9. The number of fused-ring (bicyclic) bond motifs is 7. The molecule has 0 radical (unpaired) electrons. The van der Waals surface area contributed by atoms with E-state index in [1.165, 1.54) is 44.9 Å². The lowest BCUT2D eigenvalue weighted by Gasteiger charge is -2.72. The number of carbonyl (C=O) groups is 1. The summed E-state index contributed by atoms with van der Waals surface area (Å²) in [6.45, 7) is 19.3. The van der Waals surface area contributed by atoms with Gasteiger partial charge in [0.25, 0.3) is 0 Å². The van der Waals surface area contributed by atoms with E-state index in [0.717, 1.165) is 51.6 Å². The Labute approximate surface area is 239 Å². The molecule has 5 rings (SSSR count). The second kappa shape index (κ2) is 10.3. The molecule has 4 heteroatoms. The molecule has 0 aliphatic heterocycles. The van der Waals surface area contributed by atoms with Gasteiger partial charge in [0, 0.05) is 0 Å². The highest BCUT2D eigenvalue weighted by Gasteiger charge is 2.72. The van der Waals surface area contributed by atoms with Gasteiger partial charge in [-0.25, -0.2) is 0 Å². The second-order valence-corrected chi connectivity index (χ2v) is 16.6. The van der Waals surface area contributed by atoms with Crippen LogP contribution in [0.4, 0.5) is 0 Å². The quantitative estimate of drug-likeness (QED) is 0.272. The summed E-state index contributed by atoms with van der Waals surface area (Å²) < 4.78 is 0. The van der Waals surface area contributed by atoms with E-state index in [1.807, 2.05) is 0 Å². The molecular weight excluding hydrogens is 482 g/mol. The average molecular weight is 544 g/mol. The summed E-state index contributed by atoms with van der Waals surface area (Å²) in [5.74, 6) is 2.62.